The van der Waals surface area contributed by atoms with Crippen molar-refractivity contribution in [2.75, 3.05) is 6.61 Å². The van der Waals surface area contributed by atoms with Crippen molar-refractivity contribution in [1.82, 2.24) is 9.99 Å². The summed E-state index contributed by atoms with van der Waals surface area (Å²) in [6, 6.07) is 17.8. The Balaban J connectivity index is 1.62. The number of hydrazone groups is 1. The van der Waals surface area contributed by atoms with E-state index >= 15 is 0 Å². The average molecular weight is 406 g/mol. The lowest BCUT2D eigenvalue weighted by molar-refractivity contribution is -0.0212. The van der Waals surface area contributed by atoms with Gasteiger partial charge in [-0.15, -0.1) is 0 Å². The third-order valence-corrected chi connectivity index (χ3v) is 5.44. The first kappa shape index (κ1) is 18.0. The zero-order valence-electron chi connectivity index (χ0n) is 16.0. The number of hydrogen-bond donors (Lipinski definition) is 0. The first-order valence-corrected chi connectivity index (χ1v) is 10.1. The number of ether oxygens (including phenoxy) is 2. The molecular weight excluding hydrogens is 386 g/mol. The first-order chi connectivity index (χ1) is 14.2. The van der Waals surface area contributed by atoms with E-state index in [-0.39, 0.29) is 12.3 Å². The fraction of sp³-hybridized carbons (Fsp3) is 0.217. The lowest BCUT2D eigenvalue weighted by atomic mass is 9.96. The normalized spacial score (nSPS) is 19.8. The van der Waals surface area contributed by atoms with Crippen LogP contribution in [0.3, 0.4) is 0 Å². The molecule has 5 rings (SSSR count). The molecule has 0 saturated heterocycles. The number of halogens is 1. The summed E-state index contributed by atoms with van der Waals surface area (Å²) in [5.74, 6) is 1.54. The molecule has 0 amide bonds. The summed E-state index contributed by atoms with van der Waals surface area (Å²) in [5, 5.41) is 7.65. The van der Waals surface area contributed by atoms with E-state index in [0.29, 0.717) is 11.6 Å². The molecule has 2 atom stereocenters. The molecule has 0 bridgehead atoms. The Bertz CT molecular complexity index is 1070. The van der Waals surface area contributed by atoms with Crippen LogP contribution in [0.2, 0.25) is 5.02 Å². The van der Waals surface area contributed by atoms with E-state index in [1.54, 1.807) is 6.20 Å². The third kappa shape index (κ3) is 3.21. The molecule has 5 nitrogen and oxygen atoms in total. The highest BCUT2D eigenvalue weighted by Gasteiger charge is 2.42. The lowest BCUT2D eigenvalue weighted by Gasteiger charge is -2.38. The number of aromatic nitrogens is 1. The Morgan fingerprint density at radius 2 is 2.07 bits per heavy atom. The molecule has 3 heterocycles. The summed E-state index contributed by atoms with van der Waals surface area (Å²) < 4.78 is 12.3. The maximum absolute atomic E-state index is 6.47. The summed E-state index contributed by atoms with van der Waals surface area (Å²) in [6.45, 7) is 2.55. The van der Waals surface area contributed by atoms with Gasteiger partial charge in [-0.3, -0.25) is 4.98 Å². The van der Waals surface area contributed by atoms with E-state index in [1.807, 2.05) is 66.7 Å². The van der Waals surface area contributed by atoms with Gasteiger partial charge in [0.05, 0.1) is 18.4 Å². The van der Waals surface area contributed by atoms with E-state index in [0.717, 1.165) is 40.3 Å². The van der Waals surface area contributed by atoms with Crippen molar-refractivity contribution in [3.8, 4) is 11.5 Å². The molecule has 29 heavy (non-hydrogen) atoms. The van der Waals surface area contributed by atoms with Crippen molar-refractivity contribution in [2.45, 2.75) is 25.6 Å². The molecule has 2 unspecified atom stereocenters. The monoisotopic (exact) mass is 405 g/mol. The highest BCUT2D eigenvalue weighted by Crippen LogP contribution is 2.50. The van der Waals surface area contributed by atoms with Crippen LogP contribution in [0.5, 0.6) is 11.5 Å². The zero-order valence-corrected chi connectivity index (χ0v) is 16.7. The van der Waals surface area contributed by atoms with Crippen LogP contribution in [0.4, 0.5) is 0 Å². The second-order valence-corrected chi connectivity index (χ2v) is 7.46. The largest absolute Gasteiger partial charge is 0.490 e. The number of rotatable bonds is 4. The van der Waals surface area contributed by atoms with E-state index in [2.05, 4.69) is 11.1 Å². The molecule has 2 aliphatic heterocycles. The van der Waals surface area contributed by atoms with Gasteiger partial charge in [0.1, 0.15) is 0 Å². The molecule has 6 heteroatoms. The minimum atomic E-state index is -0.387. The van der Waals surface area contributed by atoms with Gasteiger partial charge >= 0.3 is 0 Å². The van der Waals surface area contributed by atoms with Gasteiger partial charge in [0, 0.05) is 40.5 Å². The molecule has 0 fully saturated rings. The predicted molar refractivity (Wildman–Crippen MR) is 112 cm³/mol. The smallest absolute Gasteiger partial charge is 0.214 e. The molecule has 2 aliphatic rings. The van der Waals surface area contributed by atoms with Crippen LogP contribution in [0.15, 0.2) is 72.1 Å². The van der Waals surface area contributed by atoms with Crippen LogP contribution < -0.4 is 9.47 Å². The summed E-state index contributed by atoms with van der Waals surface area (Å²) in [4.78, 5) is 4.25. The van der Waals surface area contributed by atoms with Crippen molar-refractivity contribution in [1.29, 1.82) is 0 Å². The van der Waals surface area contributed by atoms with Crippen LogP contribution in [0, 0.1) is 0 Å². The summed E-state index contributed by atoms with van der Waals surface area (Å²) in [7, 11) is 0. The van der Waals surface area contributed by atoms with Gasteiger partial charge < -0.3 is 9.47 Å². The van der Waals surface area contributed by atoms with Crippen LogP contribution in [-0.2, 0) is 0 Å². The second kappa shape index (κ2) is 7.41. The molecule has 0 spiro atoms. The molecule has 0 aliphatic carbocycles. The fourth-order valence-electron chi connectivity index (χ4n) is 3.94. The van der Waals surface area contributed by atoms with Gasteiger partial charge in [-0.25, -0.2) is 5.01 Å². The van der Waals surface area contributed by atoms with E-state index in [9.17, 15) is 0 Å². The second-order valence-electron chi connectivity index (χ2n) is 7.02. The molecule has 0 radical (unpaired) electrons. The number of para-hydroxylation sites is 1. The maximum atomic E-state index is 6.47. The Labute approximate surface area is 174 Å². The Morgan fingerprint density at radius 1 is 1.17 bits per heavy atom. The minimum absolute atomic E-state index is 0.0540. The number of hydrogen-bond acceptors (Lipinski definition) is 5. The highest BCUT2D eigenvalue weighted by atomic mass is 35.5. The molecule has 0 N–H and O–H groups in total. The Hall–Kier alpha value is -3.05. The summed E-state index contributed by atoms with van der Waals surface area (Å²) in [6.07, 6.45) is 4.01. The van der Waals surface area contributed by atoms with Crippen molar-refractivity contribution >= 4 is 17.3 Å². The van der Waals surface area contributed by atoms with Gasteiger partial charge in [0.25, 0.3) is 0 Å². The van der Waals surface area contributed by atoms with Gasteiger partial charge in [-0.1, -0.05) is 41.9 Å². The van der Waals surface area contributed by atoms with E-state index in [4.69, 9.17) is 26.2 Å². The molecule has 0 saturated carbocycles. The van der Waals surface area contributed by atoms with Gasteiger partial charge in [-0.2, -0.15) is 5.10 Å². The predicted octanol–water partition coefficient (Wildman–Crippen LogP) is 5.38. The van der Waals surface area contributed by atoms with Crippen LogP contribution >= 0.6 is 11.6 Å². The minimum Gasteiger partial charge on any atom is -0.490 e. The van der Waals surface area contributed by atoms with Crippen molar-refractivity contribution in [3.05, 3.63) is 88.7 Å². The molecule has 146 valence electrons. The molecule has 1 aromatic heterocycles. The van der Waals surface area contributed by atoms with Crippen molar-refractivity contribution < 1.29 is 9.47 Å². The Morgan fingerprint density at radius 3 is 2.86 bits per heavy atom. The Kier molecular flexibility index (Phi) is 4.60. The standard InChI is InChI=1S/C23H20ClN3O2/c1-2-28-21-10-4-9-18-20-13-19(16-7-5-11-25-14-16)26-27(20)23(29-22(18)21)15-6-3-8-17(24)12-15/h3-12,14,20,23H,2,13H2,1H3. The van der Waals surface area contributed by atoms with Crippen LogP contribution in [0.1, 0.15) is 42.3 Å². The molecule has 2 aromatic carbocycles. The van der Waals surface area contributed by atoms with Gasteiger partial charge in [-0.05, 0) is 31.2 Å². The average Bonchev–Trinajstić information content (AvgIpc) is 3.20. The van der Waals surface area contributed by atoms with E-state index in [1.165, 1.54) is 0 Å². The van der Waals surface area contributed by atoms with Crippen molar-refractivity contribution in [2.24, 2.45) is 5.10 Å². The topological polar surface area (TPSA) is 47.0 Å². The highest BCUT2D eigenvalue weighted by molar-refractivity contribution is 6.30. The number of benzene rings is 2. The van der Waals surface area contributed by atoms with E-state index < -0.39 is 0 Å². The van der Waals surface area contributed by atoms with Crippen molar-refractivity contribution in [3.63, 3.8) is 0 Å². The molecule has 3 aromatic rings. The maximum Gasteiger partial charge on any atom is 0.214 e. The fourth-order valence-corrected chi connectivity index (χ4v) is 4.14. The van der Waals surface area contributed by atoms with Crippen LogP contribution in [-0.4, -0.2) is 22.3 Å². The van der Waals surface area contributed by atoms with Gasteiger partial charge in [0.2, 0.25) is 6.23 Å². The number of nitrogens with zero attached hydrogens (tertiary/aromatic N) is 3. The van der Waals surface area contributed by atoms with Gasteiger partial charge in [0.15, 0.2) is 11.5 Å². The third-order valence-electron chi connectivity index (χ3n) is 5.21. The summed E-state index contributed by atoms with van der Waals surface area (Å²) in [5.41, 5.74) is 4.05. The molecular formula is C23H20ClN3O2. The quantitative estimate of drug-likeness (QED) is 0.585. The summed E-state index contributed by atoms with van der Waals surface area (Å²) >= 11 is 6.27. The SMILES string of the molecule is CCOc1cccc2c1OC(c1cccc(Cl)c1)N1N=C(c3cccnc3)CC21. The number of fused-ring (bicyclic) bond motifs is 3. The zero-order chi connectivity index (χ0) is 19.8. The number of pyridine rings is 1. The first-order valence-electron chi connectivity index (χ1n) is 9.68. The lowest BCUT2D eigenvalue weighted by Crippen LogP contribution is -2.33. The van der Waals surface area contributed by atoms with Crippen LogP contribution in [0.25, 0.3) is 0 Å².